The number of sulfonamides is 1. The molecule has 3 N–H and O–H groups in total. The van der Waals surface area contributed by atoms with Crippen LogP contribution in [0.4, 0.5) is 0 Å². The van der Waals surface area contributed by atoms with Crippen molar-refractivity contribution in [1.29, 1.82) is 0 Å². The molecule has 0 aliphatic heterocycles. The van der Waals surface area contributed by atoms with Crippen molar-refractivity contribution in [2.75, 3.05) is 6.54 Å². The van der Waals surface area contributed by atoms with Crippen LogP contribution in [0.1, 0.15) is 13.8 Å². The van der Waals surface area contributed by atoms with E-state index in [1.54, 1.807) is 19.1 Å². The fourth-order valence-electron chi connectivity index (χ4n) is 1.45. The summed E-state index contributed by atoms with van der Waals surface area (Å²) in [7, 11) is -3.90. The number of carboxylic acids is 1. The monoisotopic (exact) mass is 434 g/mol. The molecular formula is C11H16ClIN2O4S. The maximum absolute atomic E-state index is 12.1. The number of aliphatic carboxylic acids is 1. The van der Waals surface area contributed by atoms with Crippen LogP contribution in [0.5, 0.6) is 0 Å². The van der Waals surface area contributed by atoms with E-state index in [0.717, 1.165) is 3.57 Å². The summed E-state index contributed by atoms with van der Waals surface area (Å²) in [6, 6.07) is 6.14. The normalized spacial score (nSPS) is 14.2. The zero-order chi connectivity index (χ0) is 14.7. The number of likely N-dealkylation sites (N-methyl/N-ethyl adjacent to an activating group) is 1. The molecule has 0 aliphatic rings. The average Bonchev–Trinajstić information content (AvgIpc) is 2.28. The van der Waals surface area contributed by atoms with Gasteiger partial charge in [-0.05, 0) is 60.3 Å². The average molecular weight is 435 g/mol. The van der Waals surface area contributed by atoms with Crippen molar-refractivity contribution in [3.8, 4) is 0 Å². The van der Waals surface area contributed by atoms with Crippen molar-refractivity contribution in [3.05, 3.63) is 27.8 Å². The summed E-state index contributed by atoms with van der Waals surface area (Å²) in [5.74, 6) is -1.29. The molecule has 20 heavy (non-hydrogen) atoms. The summed E-state index contributed by atoms with van der Waals surface area (Å²) < 4.78 is 27.3. The third-order valence-electron chi connectivity index (χ3n) is 2.42. The highest BCUT2D eigenvalue weighted by Crippen LogP contribution is 2.14. The highest BCUT2D eigenvalue weighted by atomic mass is 127. The van der Waals surface area contributed by atoms with E-state index in [-0.39, 0.29) is 17.3 Å². The first-order valence-electron chi connectivity index (χ1n) is 5.49. The summed E-state index contributed by atoms with van der Waals surface area (Å²) in [5.41, 5.74) is -1.74. The maximum Gasteiger partial charge on any atom is 0.339 e. The number of carbonyl (C=O) groups is 1. The predicted octanol–water partition coefficient (Wildman–Crippen LogP) is 1.40. The molecule has 1 rings (SSSR count). The number of hydrogen-bond acceptors (Lipinski definition) is 4. The van der Waals surface area contributed by atoms with Gasteiger partial charge in [0.05, 0.1) is 4.90 Å². The number of benzene rings is 1. The first-order chi connectivity index (χ1) is 8.71. The number of carboxylic acid groups (broad SMARTS) is 1. The lowest BCUT2D eigenvalue weighted by atomic mass is 10.2. The van der Waals surface area contributed by atoms with Crippen LogP contribution in [0.25, 0.3) is 0 Å². The topological polar surface area (TPSA) is 95.5 Å². The molecule has 9 heteroatoms. The standard InChI is InChI=1S/C11H15IN2O4S.ClH/c1-3-13-11(2,10(15)16)14-19(17,18)9-6-4-8(12)5-7-9;/h4-7,13-14H,3H2,1-2H3,(H,15,16);1H/t11-;/m0./s1. The largest absolute Gasteiger partial charge is 0.479 e. The molecule has 1 atom stereocenters. The third-order valence-corrected chi connectivity index (χ3v) is 4.71. The van der Waals surface area contributed by atoms with E-state index >= 15 is 0 Å². The van der Waals surface area contributed by atoms with E-state index in [1.165, 1.54) is 19.1 Å². The van der Waals surface area contributed by atoms with Gasteiger partial charge in [-0.1, -0.05) is 6.92 Å². The van der Waals surface area contributed by atoms with Crippen LogP contribution in [0.2, 0.25) is 0 Å². The molecule has 1 aromatic carbocycles. The summed E-state index contributed by atoms with van der Waals surface area (Å²) >= 11 is 2.06. The molecule has 0 amide bonds. The minimum atomic E-state index is -3.90. The zero-order valence-corrected chi connectivity index (χ0v) is 14.7. The second kappa shape index (κ2) is 7.55. The molecule has 0 bridgehead atoms. The SMILES string of the molecule is CCN[C@@](C)(NS(=O)(=O)c1ccc(I)cc1)C(=O)O.Cl. The summed E-state index contributed by atoms with van der Waals surface area (Å²) in [5, 5.41) is 11.7. The van der Waals surface area contributed by atoms with E-state index < -0.39 is 21.7 Å². The van der Waals surface area contributed by atoms with Gasteiger partial charge < -0.3 is 5.11 Å². The van der Waals surface area contributed by atoms with Crippen molar-refractivity contribution in [1.82, 2.24) is 10.0 Å². The molecule has 0 aliphatic carbocycles. The van der Waals surface area contributed by atoms with E-state index in [0.29, 0.717) is 6.54 Å². The Bertz CT molecular complexity index is 564. The van der Waals surface area contributed by atoms with Gasteiger partial charge in [-0.15, -0.1) is 12.4 Å². The lowest BCUT2D eigenvalue weighted by Gasteiger charge is -2.26. The van der Waals surface area contributed by atoms with Crippen LogP contribution in [-0.2, 0) is 14.8 Å². The highest BCUT2D eigenvalue weighted by Gasteiger charge is 2.37. The van der Waals surface area contributed by atoms with Crippen molar-refractivity contribution >= 4 is 51.0 Å². The smallest absolute Gasteiger partial charge is 0.339 e. The van der Waals surface area contributed by atoms with E-state index in [2.05, 4.69) is 32.6 Å². The van der Waals surface area contributed by atoms with Gasteiger partial charge >= 0.3 is 5.97 Å². The quantitative estimate of drug-likeness (QED) is 0.465. The summed E-state index contributed by atoms with van der Waals surface area (Å²) in [6.07, 6.45) is 0. The van der Waals surface area contributed by atoms with Crippen molar-refractivity contribution in [2.45, 2.75) is 24.4 Å². The predicted molar refractivity (Wildman–Crippen MR) is 86.4 cm³/mol. The first-order valence-corrected chi connectivity index (χ1v) is 8.05. The number of hydrogen-bond donors (Lipinski definition) is 3. The minimum Gasteiger partial charge on any atom is -0.479 e. The van der Waals surface area contributed by atoms with Gasteiger partial charge in [0, 0.05) is 3.57 Å². The fraction of sp³-hybridized carbons (Fsp3) is 0.364. The van der Waals surface area contributed by atoms with Crippen molar-refractivity contribution in [2.24, 2.45) is 0 Å². The van der Waals surface area contributed by atoms with Gasteiger partial charge in [0.2, 0.25) is 10.0 Å². The van der Waals surface area contributed by atoms with Crippen LogP contribution in [0, 0.1) is 3.57 Å². The van der Waals surface area contributed by atoms with Gasteiger partial charge in [0.1, 0.15) is 0 Å². The third kappa shape index (κ3) is 4.85. The summed E-state index contributed by atoms with van der Waals surface area (Å²) in [6.45, 7) is 3.28. The lowest BCUT2D eigenvalue weighted by Crippen LogP contribution is -2.61. The molecular weight excluding hydrogens is 419 g/mol. The lowest BCUT2D eigenvalue weighted by molar-refractivity contribution is -0.144. The second-order valence-electron chi connectivity index (χ2n) is 4.02. The number of nitrogens with one attached hydrogen (secondary N) is 2. The molecule has 6 nitrogen and oxygen atoms in total. The maximum atomic E-state index is 12.1. The summed E-state index contributed by atoms with van der Waals surface area (Å²) in [4.78, 5) is 11.2. The first kappa shape index (κ1) is 19.6. The van der Waals surface area contributed by atoms with Gasteiger partial charge in [-0.3, -0.25) is 5.32 Å². The molecule has 0 heterocycles. The Morgan fingerprint density at radius 3 is 2.25 bits per heavy atom. The molecule has 0 saturated carbocycles. The van der Waals surface area contributed by atoms with E-state index in [9.17, 15) is 13.2 Å². The number of halogens is 2. The molecule has 0 fully saturated rings. The Kier molecular flexibility index (Phi) is 7.39. The Morgan fingerprint density at radius 1 is 1.35 bits per heavy atom. The van der Waals surface area contributed by atoms with E-state index in [4.69, 9.17) is 5.11 Å². The van der Waals surface area contributed by atoms with Gasteiger partial charge in [-0.2, -0.15) is 4.72 Å². The van der Waals surface area contributed by atoms with Crippen LogP contribution in [-0.4, -0.2) is 31.7 Å². The van der Waals surface area contributed by atoms with Gasteiger partial charge in [0.15, 0.2) is 5.66 Å². The van der Waals surface area contributed by atoms with Crippen molar-refractivity contribution in [3.63, 3.8) is 0 Å². The highest BCUT2D eigenvalue weighted by molar-refractivity contribution is 14.1. The van der Waals surface area contributed by atoms with Crippen LogP contribution >= 0.6 is 35.0 Å². The Morgan fingerprint density at radius 2 is 1.85 bits per heavy atom. The van der Waals surface area contributed by atoms with Crippen molar-refractivity contribution < 1.29 is 18.3 Å². The van der Waals surface area contributed by atoms with Crippen LogP contribution in [0.3, 0.4) is 0 Å². The molecule has 0 spiro atoms. The van der Waals surface area contributed by atoms with Gasteiger partial charge in [0.25, 0.3) is 0 Å². The minimum absolute atomic E-state index is 0. The second-order valence-corrected chi connectivity index (χ2v) is 6.95. The van der Waals surface area contributed by atoms with E-state index in [1.807, 2.05) is 0 Å². The molecule has 0 unspecified atom stereocenters. The molecule has 1 aromatic rings. The number of rotatable bonds is 6. The Hall–Kier alpha value is -0.420. The Balaban J connectivity index is 0.00000361. The molecule has 0 saturated heterocycles. The molecule has 0 aromatic heterocycles. The molecule has 114 valence electrons. The molecule has 0 radical (unpaired) electrons. The van der Waals surface area contributed by atoms with Crippen LogP contribution in [0.15, 0.2) is 29.2 Å². The van der Waals surface area contributed by atoms with Crippen LogP contribution < -0.4 is 10.0 Å². The fourth-order valence-corrected chi connectivity index (χ4v) is 3.12. The zero-order valence-electron chi connectivity index (χ0n) is 10.9. The Labute approximate surface area is 137 Å². The van der Waals surface area contributed by atoms with Gasteiger partial charge in [-0.25, -0.2) is 13.2 Å².